The first-order chi connectivity index (χ1) is 7.32. The molecule has 0 saturated carbocycles. The predicted octanol–water partition coefficient (Wildman–Crippen LogP) is 3.54. The highest BCUT2D eigenvalue weighted by Crippen LogP contribution is 2.25. The van der Waals surface area contributed by atoms with Gasteiger partial charge in [-0.1, -0.05) is 36.7 Å². The topological polar surface area (TPSA) is 38.0 Å². The van der Waals surface area contributed by atoms with Crippen LogP contribution >= 0.6 is 15.9 Å². The van der Waals surface area contributed by atoms with Crippen LogP contribution < -0.4 is 11.1 Å². The van der Waals surface area contributed by atoms with Gasteiger partial charge < -0.3 is 11.1 Å². The van der Waals surface area contributed by atoms with Crippen LogP contribution in [-0.2, 0) is 0 Å². The quantitative estimate of drug-likeness (QED) is 0.891. The number of nitrogens with two attached hydrogens (primary N) is 1. The molecule has 0 aliphatic heterocycles. The summed E-state index contributed by atoms with van der Waals surface area (Å²) < 4.78 is 1.10. The molecular formula is C13H21BrN2. The monoisotopic (exact) mass is 284 g/mol. The summed E-state index contributed by atoms with van der Waals surface area (Å²) in [6, 6.07) is 6.60. The lowest BCUT2D eigenvalue weighted by atomic mass is 9.86. The van der Waals surface area contributed by atoms with Crippen molar-refractivity contribution in [1.29, 1.82) is 0 Å². The van der Waals surface area contributed by atoms with Crippen molar-refractivity contribution in [2.75, 3.05) is 11.9 Å². The van der Waals surface area contributed by atoms with Crippen LogP contribution in [0.4, 0.5) is 5.69 Å². The first kappa shape index (κ1) is 13.5. The highest BCUT2D eigenvalue weighted by atomic mass is 79.9. The third-order valence-electron chi connectivity index (χ3n) is 2.66. The van der Waals surface area contributed by atoms with E-state index in [4.69, 9.17) is 5.73 Å². The van der Waals surface area contributed by atoms with Crippen molar-refractivity contribution in [1.82, 2.24) is 0 Å². The molecule has 16 heavy (non-hydrogen) atoms. The zero-order chi connectivity index (χ0) is 12.3. The number of aryl methyl sites for hydroxylation is 1. The number of hydrogen-bond acceptors (Lipinski definition) is 2. The van der Waals surface area contributed by atoms with Crippen molar-refractivity contribution >= 4 is 21.6 Å². The third-order valence-corrected chi connectivity index (χ3v) is 3.12. The number of nitrogens with one attached hydrogen (secondary N) is 1. The SMILES string of the molecule is Cc1cc(Br)cc(NC(CN)C(C)(C)C)c1. The molecule has 1 unspecified atom stereocenters. The summed E-state index contributed by atoms with van der Waals surface area (Å²) in [7, 11) is 0. The third kappa shape index (κ3) is 3.80. The Labute approximate surface area is 107 Å². The molecule has 0 fully saturated rings. The molecule has 0 spiro atoms. The Balaban J connectivity index is 2.86. The van der Waals surface area contributed by atoms with Crippen molar-refractivity contribution in [3.05, 3.63) is 28.2 Å². The summed E-state index contributed by atoms with van der Waals surface area (Å²) in [5, 5.41) is 3.50. The van der Waals surface area contributed by atoms with Crippen molar-refractivity contribution in [3.8, 4) is 0 Å². The van der Waals surface area contributed by atoms with Gasteiger partial charge in [0.15, 0.2) is 0 Å². The minimum absolute atomic E-state index is 0.158. The Morgan fingerprint density at radius 2 is 1.94 bits per heavy atom. The normalized spacial score (nSPS) is 13.6. The molecule has 0 bridgehead atoms. The van der Waals surface area contributed by atoms with Crippen LogP contribution in [0.3, 0.4) is 0 Å². The summed E-state index contributed by atoms with van der Waals surface area (Å²) >= 11 is 3.50. The molecule has 3 heteroatoms. The second kappa shape index (κ2) is 5.19. The standard InChI is InChI=1S/C13H21BrN2/c1-9-5-10(14)7-11(6-9)16-12(8-15)13(2,3)4/h5-7,12,16H,8,15H2,1-4H3. The smallest absolute Gasteiger partial charge is 0.0432 e. The Bertz CT molecular complexity index is 335. The van der Waals surface area contributed by atoms with Crippen LogP contribution in [0.1, 0.15) is 26.3 Å². The number of hydrogen-bond donors (Lipinski definition) is 2. The van der Waals surface area contributed by atoms with Gasteiger partial charge in [0.2, 0.25) is 0 Å². The van der Waals surface area contributed by atoms with Gasteiger partial charge in [-0.25, -0.2) is 0 Å². The van der Waals surface area contributed by atoms with Crippen LogP contribution in [0.2, 0.25) is 0 Å². The molecule has 0 heterocycles. The molecule has 90 valence electrons. The van der Waals surface area contributed by atoms with E-state index < -0.39 is 0 Å². The van der Waals surface area contributed by atoms with Crippen molar-refractivity contribution in [3.63, 3.8) is 0 Å². The Morgan fingerprint density at radius 1 is 1.31 bits per heavy atom. The fraction of sp³-hybridized carbons (Fsp3) is 0.538. The second-order valence-corrected chi connectivity index (χ2v) is 6.23. The van der Waals surface area contributed by atoms with Gasteiger partial charge in [0.1, 0.15) is 0 Å². The van der Waals surface area contributed by atoms with Crippen LogP contribution in [0, 0.1) is 12.3 Å². The molecular weight excluding hydrogens is 264 g/mol. The molecule has 1 aromatic rings. The van der Waals surface area contributed by atoms with Gasteiger partial charge in [0.05, 0.1) is 0 Å². The molecule has 1 rings (SSSR count). The lowest BCUT2D eigenvalue weighted by Gasteiger charge is -2.31. The highest BCUT2D eigenvalue weighted by molar-refractivity contribution is 9.10. The lowest BCUT2D eigenvalue weighted by molar-refractivity contribution is 0.346. The number of rotatable bonds is 3. The lowest BCUT2D eigenvalue weighted by Crippen LogP contribution is -2.40. The summed E-state index contributed by atoms with van der Waals surface area (Å²) in [4.78, 5) is 0. The van der Waals surface area contributed by atoms with E-state index in [-0.39, 0.29) is 11.5 Å². The molecule has 0 saturated heterocycles. The maximum absolute atomic E-state index is 5.81. The van der Waals surface area contributed by atoms with Gasteiger partial charge in [0.25, 0.3) is 0 Å². The summed E-state index contributed by atoms with van der Waals surface area (Å²) in [5.41, 5.74) is 8.33. The predicted molar refractivity (Wildman–Crippen MR) is 74.8 cm³/mol. The fourth-order valence-corrected chi connectivity index (χ4v) is 2.26. The largest absolute Gasteiger partial charge is 0.380 e. The van der Waals surface area contributed by atoms with Crippen molar-refractivity contribution in [2.24, 2.45) is 11.1 Å². The average Bonchev–Trinajstić information content (AvgIpc) is 2.10. The van der Waals surface area contributed by atoms with Crippen molar-refractivity contribution < 1.29 is 0 Å². The zero-order valence-corrected chi connectivity index (χ0v) is 12.1. The molecule has 2 nitrogen and oxygen atoms in total. The Hall–Kier alpha value is -0.540. The van der Waals surface area contributed by atoms with Crippen LogP contribution in [0.15, 0.2) is 22.7 Å². The number of anilines is 1. The maximum Gasteiger partial charge on any atom is 0.0432 e. The minimum atomic E-state index is 0.158. The molecule has 0 radical (unpaired) electrons. The van der Waals surface area contributed by atoms with Gasteiger partial charge in [0, 0.05) is 22.7 Å². The van der Waals surface area contributed by atoms with Gasteiger partial charge in [-0.3, -0.25) is 0 Å². The Morgan fingerprint density at radius 3 is 2.38 bits per heavy atom. The zero-order valence-electron chi connectivity index (χ0n) is 10.5. The van der Waals surface area contributed by atoms with E-state index in [0.717, 1.165) is 10.2 Å². The first-order valence-electron chi connectivity index (χ1n) is 5.56. The molecule has 3 N–H and O–H groups in total. The van der Waals surface area contributed by atoms with E-state index in [1.165, 1.54) is 5.56 Å². The number of benzene rings is 1. The maximum atomic E-state index is 5.81. The van der Waals surface area contributed by atoms with E-state index in [1.54, 1.807) is 0 Å². The second-order valence-electron chi connectivity index (χ2n) is 5.32. The summed E-state index contributed by atoms with van der Waals surface area (Å²) in [6.07, 6.45) is 0. The van der Waals surface area contributed by atoms with E-state index in [9.17, 15) is 0 Å². The van der Waals surface area contributed by atoms with E-state index in [0.29, 0.717) is 6.54 Å². The molecule has 1 atom stereocenters. The molecule has 0 aromatic heterocycles. The van der Waals surface area contributed by atoms with Gasteiger partial charge >= 0.3 is 0 Å². The van der Waals surface area contributed by atoms with Crippen LogP contribution in [0.5, 0.6) is 0 Å². The molecule has 0 aliphatic rings. The molecule has 1 aromatic carbocycles. The summed E-state index contributed by atoms with van der Waals surface area (Å²) in [6.45, 7) is 9.31. The van der Waals surface area contributed by atoms with Crippen LogP contribution in [-0.4, -0.2) is 12.6 Å². The molecule has 0 amide bonds. The van der Waals surface area contributed by atoms with Gasteiger partial charge in [-0.2, -0.15) is 0 Å². The molecule has 0 aliphatic carbocycles. The van der Waals surface area contributed by atoms with Crippen LogP contribution in [0.25, 0.3) is 0 Å². The minimum Gasteiger partial charge on any atom is -0.380 e. The van der Waals surface area contributed by atoms with Gasteiger partial charge in [-0.15, -0.1) is 0 Å². The summed E-state index contributed by atoms with van der Waals surface area (Å²) in [5.74, 6) is 0. The fourth-order valence-electron chi connectivity index (χ4n) is 1.65. The van der Waals surface area contributed by atoms with Crippen molar-refractivity contribution in [2.45, 2.75) is 33.7 Å². The first-order valence-corrected chi connectivity index (χ1v) is 6.36. The average molecular weight is 285 g/mol. The van der Waals surface area contributed by atoms with Gasteiger partial charge in [-0.05, 0) is 36.1 Å². The number of halogens is 1. The Kier molecular flexibility index (Phi) is 4.39. The highest BCUT2D eigenvalue weighted by Gasteiger charge is 2.22. The van der Waals surface area contributed by atoms with E-state index in [2.05, 4.69) is 67.1 Å². The van der Waals surface area contributed by atoms with E-state index in [1.807, 2.05) is 0 Å². The van der Waals surface area contributed by atoms with E-state index >= 15 is 0 Å².